The summed E-state index contributed by atoms with van der Waals surface area (Å²) in [7, 11) is 0. The molecule has 0 saturated heterocycles. The van der Waals surface area contributed by atoms with E-state index in [1.165, 1.54) is 0 Å². The molecule has 0 spiro atoms. The van der Waals surface area contributed by atoms with Crippen molar-refractivity contribution in [3.8, 4) is 0 Å². The highest BCUT2D eigenvalue weighted by molar-refractivity contribution is 6.01. The SMILES string of the molecule is CCOC(=O)C(N)C(=O)NC1CCC(C)(C)CC1. The van der Waals surface area contributed by atoms with Crippen molar-refractivity contribution in [1.29, 1.82) is 0 Å². The van der Waals surface area contributed by atoms with Crippen molar-refractivity contribution in [2.45, 2.75) is 58.5 Å². The van der Waals surface area contributed by atoms with E-state index in [9.17, 15) is 9.59 Å². The van der Waals surface area contributed by atoms with Crippen LogP contribution in [0, 0.1) is 5.41 Å². The fraction of sp³-hybridized carbons (Fsp3) is 0.846. The summed E-state index contributed by atoms with van der Waals surface area (Å²) in [5, 5.41) is 2.83. The molecule has 18 heavy (non-hydrogen) atoms. The largest absolute Gasteiger partial charge is 0.464 e. The highest BCUT2D eigenvalue weighted by atomic mass is 16.5. The molecule has 1 aliphatic rings. The van der Waals surface area contributed by atoms with Crippen molar-refractivity contribution in [3.63, 3.8) is 0 Å². The Labute approximate surface area is 108 Å². The lowest BCUT2D eigenvalue weighted by atomic mass is 9.75. The molecule has 1 aliphatic carbocycles. The summed E-state index contributed by atoms with van der Waals surface area (Å²) in [5.74, 6) is -1.09. The highest BCUT2D eigenvalue weighted by Gasteiger charge is 2.30. The first-order valence-electron chi connectivity index (χ1n) is 6.58. The summed E-state index contributed by atoms with van der Waals surface area (Å²) in [5.41, 5.74) is 5.88. The highest BCUT2D eigenvalue weighted by Crippen LogP contribution is 2.34. The Balaban J connectivity index is 2.39. The first-order valence-corrected chi connectivity index (χ1v) is 6.58. The minimum Gasteiger partial charge on any atom is -0.464 e. The van der Waals surface area contributed by atoms with Crippen molar-refractivity contribution >= 4 is 11.9 Å². The third kappa shape index (κ3) is 4.29. The van der Waals surface area contributed by atoms with Crippen LogP contribution in [0.4, 0.5) is 0 Å². The van der Waals surface area contributed by atoms with Gasteiger partial charge in [-0.25, -0.2) is 4.79 Å². The van der Waals surface area contributed by atoms with Gasteiger partial charge >= 0.3 is 5.97 Å². The van der Waals surface area contributed by atoms with Crippen LogP contribution in [0.2, 0.25) is 0 Å². The van der Waals surface area contributed by atoms with E-state index in [-0.39, 0.29) is 12.6 Å². The first-order chi connectivity index (χ1) is 8.35. The normalized spacial score (nSPS) is 21.1. The van der Waals surface area contributed by atoms with Crippen LogP contribution in [0.15, 0.2) is 0 Å². The predicted octanol–water partition coefficient (Wildman–Crippen LogP) is 0.962. The van der Waals surface area contributed by atoms with Crippen LogP contribution < -0.4 is 11.1 Å². The van der Waals surface area contributed by atoms with Crippen LogP contribution in [0.3, 0.4) is 0 Å². The molecule has 1 rings (SSSR count). The van der Waals surface area contributed by atoms with Gasteiger partial charge in [-0.1, -0.05) is 13.8 Å². The minimum atomic E-state index is -1.21. The molecule has 0 aliphatic heterocycles. The van der Waals surface area contributed by atoms with Crippen LogP contribution in [0.25, 0.3) is 0 Å². The molecule has 0 radical (unpaired) electrons. The Morgan fingerprint density at radius 2 is 1.94 bits per heavy atom. The Morgan fingerprint density at radius 3 is 2.44 bits per heavy atom. The average molecular weight is 256 g/mol. The smallest absolute Gasteiger partial charge is 0.332 e. The lowest BCUT2D eigenvalue weighted by Gasteiger charge is -2.34. The summed E-state index contributed by atoms with van der Waals surface area (Å²) in [4.78, 5) is 23.1. The van der Waals surface area contributed by atoms with Gasteiger partial charge in [0.05, 0.1) is 6.61 Å². The van der Waals surface area contributed by atoms with E-state index < -0.39 is 17.9 Å². The summed E-state index contributed by atoms with van der Waals surface area (Å²) in [6.07, 6.45) is 4.03. The summed E-state index contributed by atoms with van der Waals surface area (Å²) in [6.45, 7) is 6.38. The summed E-state index contributed by atoms with van der Waals surface area (Å²) < 4.78 is 4.72. The first kappa shape index (κ1) is 15.0. The van der Waals surface area contributed by atoms with Crippen LogP contribution in [0.1, 0.15) is 46.5 Å². The molecule has 3 N–H and O–H groups in total. The Morgan fingerprint density at radius 1 is 1.39 bits per heavy atom. The Bertz CT molecular complexity index is 305. The van der Waals surface area contributed by atoms with Gasteiger partial charge in [-0.15, -0.1) is 0 Å². The molecule has 0 heterocycles. The fourth-order valence-electron chi connectivity index (χ4n) is 2.17. The molecule has 1 amide bonds. The maximum absolute atomic E-state index is 11.8. The number of carbonyl (C=O) groups is 2. The van der Waals surface area contributed by atoms with Gasteiger partial charge < -0.3 is 15.8 Å². The molecule has 104 valence electrons. The van der Waals surface area contributed by atoms with E-state index in [4.69, 9.17) is 10.5 Å². The van der Waals surface area contributed by atoms with Crippen molar-refractivity contribution < 1.29 is 14.3 Å². The molecule has 5 nitrogen and oxygen atoms in total. The van der Waals surface area contributed by atoms with Crippen LogP contribution in [-0.2, 0) is 14.3 Å². The van der Waals surface area contributed by atoms with E-state index in [1.807, 2.05) is 0 Å². The van der Waals surface area contributed by atoms with E-state index in [0.29, 0.717) is 5.41 Å². The van der Waals surface area contributed by atoms with Crippen molar-refractivity contribution in [2.75, 3.05) is 6.61 Å². The molecular formula is C13H24N2O3. The molecule has 1 unspecified atom stereocenters. The zero-order valence-corrected chi connectivity index (χ0v) is 11.5. The zero-order valence-electron chi connectivity index (χ0n) is 11.5. The number of rotatable bonds is 4. The fourth-order valence-corrected chi connectivity index (χ4v) is 2.17. The maximum atomic E-state index is 11.8. The number of amides is 1. The predicted molar refractivity (Wildman–Crippen MR) is 68.8 cm³/mol. The molecule has 1 atom stereocenters. The number of hydrogen-bond donors (Lipinski definition) is 2. The molecule has 0 aromatic carbocycles. The third-order valence-electron chi connectivity index (χ3n) is 3.51. The second-order valence-electron chi connectivity index (χ2n) is 5.68. The van der Waals surface area contributed by atoms with Gasteiger partial charge in [0.15, 0.2) is 6.04 Å². The second kappa shape index (κ2) is 6.18. The molecule has 5 heteroatoms. The number of carbonyl (C=O) groups excluding carboxylic acids is 2. The van der Waals surface area contributed by atoms with Crippen molar-refractivity contribution in [3.05, 3.63) is 0 Å². The van der Waals surface area contributed by atoms with E-state index in [2.05, 4.69) is 19.2 Å². The van der Waals surface area contributed by atoms with Gasteiger partial charge in [-0.2, -0.15) is 0 Å². The molecule has 0 aromatic heterocycles. The molecular weight excluding hydrogens is 232 g/mol. The summed E-state index contributed by atoms with van der Waals surface area (Å²) in [6, 6.07) is -1.08. The monoisotopic (exact) mass is 256 g/mol. The molecule has 1 saturated carbocycles. The topological polar surface area (TPSA) is 81.4 Å². The quantitative estimate of drug-likeness (QED) is 0.580. The second-order valence-corrected chi connectivity index (χ2v) is 5.68. The van der Waals surface area contributed by atoms with Gasteiger partial charge in [0.1, 0.15) is 0 Å². The van der Waals surface area contributed by atoms with Crippen molar-refractivity contribution in [1.82, 2.24) is 5.32 Å². The minimum absolute atomic E-state index is 0.131. The number of nitrogens with two attached hydrogens (primary N) is 1. The van der Waals surface area contributed by atoms with E-state index >= 15 is 0 Å². The maximum Gasteiger partial charge on any atom is 0.332 e. The number of nitrogens with one attached hydrogen (secondary N) is 1. The Hall–Kier alpha value is -1.10. The number of esters is 1. The third-order valence-corrected chi connectivity index (χ3v) is 3.51. The summed E-state index contributed by atoms with van der Waals surface area (Å²) >= 11 is 0. The van der Waals surface area contributed by atoms with E-state index in [0.717, 1.165) is 25.7 Å². The van der Waals surface area contributed by atoms with Gasteiger partial charge in [0.25, 0.3) is 0 Å². The number of hydrogen-bond acceptors (Lipinski definition) is 4. The lowest BCUT2D eigenvalue weighted by Crippen LogP contribution is -2.51. The molecule has 0 bridgehead atoms. The van der Waals surface area contributed by atoms with Gasteiger partial charge in [0, 0.05) is 6.04 Å². The van der Waals surface area contributed by atoms with Gasteiger partial charge in [-0.05, 0) is 38.0 Å². The standard InChI is InChI=1S/C13H24N2O3/c1-4-18-12(17)10(14)11(16)15-9-5-7-13(2,3)8-6-9/h9-10H,4-8,14H2,1-3H3,(H,15,16). The zero-order chi connectivity index (χ0) is 13.8. The molecule has 0 aromatic rings. The van der Waals surface area contributed by atoms with Crippen LogP contribution in [-0.4, -0.2) is 30.6 Å². The Kier molecular flexibility index (Phi) is 5.14. The van der Waals surface area contributed by atoms with Crippen LogP contribution >= 0.6 is 0 Å². The molecule has 1 fully saturated rings. The van der Waals surface area contributed by atoms with E-state index in [1.54, 1.807) is 6.92 Å². The van der Waals surface area contributed by atoms with Crippen LogP contribution in [0.5, 0.6) is 0 Å². The van der Waals surface area contributed by atoms with Crippen molar-refractivity contribution in [2.24, 2.45) is 11.1 Å². The lowest BCUT2D eigenvalue weighted by molar-refractivity contribution is -0.148. The van der Waals surface area contributed by atoms with Gasteiger partial charge in [-0.3, -0.25) is 4.79 Å². The average Bonchev–Trinajstić information content (AvgIpc) is 2.31. The number of ether oxygens (including phenoxy) is 1. The van der Waals surface area contributed by atoms with Gasteiger partial charge in [0.2, 0.25) is 5.91 Å².